The Kier molecular flexibility index (Phi) is 5.01. The van der Waals surface area contributed by atoms with Gasteiger partial charge in [0.05, 0.1) is 10.8 Å². The van der Waals surface area contributed by atoms with Gasteiger partial charge in [-0.2, -0.15) is 5.10 Å². The summed E-state index contributed by atoms with van der Waals surface area (Å²) in [7, 11) is 2.10. The lowest BCUT2D eigenvalue weighted by Gasteiger charge is -2.25. The molecule has 2 N–H and O–H groups in total. The molecule has 0 saturated carbocycles. The number of halogens is 1. The lowest BCUT2D eigenvalue weighted by Crippen LogP contribution is -2.24. The van der Waals surface area contributed by atoms with Crippen LogP contribution in [0.3, 0.4) is 0 Å². The van der Waals surface area contributed by atoms with Gasteiger partial charge < -0.3 is 15.1 Å². The number of aromatic nitrogens is 4. The topological polar surface area (TPSA) is 103 Å². The van der Waals surface area contributed by atoms with Crippen LogP contribution in [0.5, 0.6) is 0 Å². The number of nitrogens with two attached hydrogens (primary N) is 1. The van der Waals surface area contributed by atoms with Crippen LogP contribution in [0.1, 0.15) is 30.7 Å². The van der Waals surface area contributed by atoms with Crippen molar-refractivity contribution in [2.75, 3.05) is 25.9 Å². The Morgan fingerprint density at radius 1 is 1.23 bits per heavy atom. The molecule has 3 aromatic heterocycles. The van der Waals surface area contributed by atoms with Crippen LogP contribution in [0, 0.1) is 3.70 Å². The van der Waals surface area contributed by atoms with E-state index in [1.807, 2.05) is 31.2 Å². The van der Waals surface area contributed by atoms with Crippen molar-refractivity contribution >= 4 is 55.8 Å². The Morgan fingerprint density at radius 3 is 2.74 bits per heavy atom. The zero-order valence-corrected chi connectivity index (χ0v) is 19.3. The van der Waals surface area contributed by atoms with Gasteiger partial charge in [0.25, 0.3) is 0 Å². The van der Waals surface area contributed by atoms with E-state index in [9.17, 15) is 4.79 Å². The molecule has 4 heterocycles. The second-order valence-electron chi connectivity index (χ2n) is 7.78. The van der Waals surface area contributed by atoms with Crippen LogP contribution >= 0.6 is 22.6 Å². The number of likely N-dealkylation sites (N-methyl/N-ethyl adjacent to an activating group) is 1. The smallest absolute Gasteiger partial charge is 0.343 e. The van der Waals surface area contributed by atoms with Gasteiger partial charge in [-0.1, -0.05) is 24.3 Å². The summed E-state index contributed by atoms with van der Waals surface area (Å²) in [5.74, 6) is 0.962. The summed E-state index contributed by atoms with van der Waals surface area (Å²) in [5.41, 5.74) is 8.48. The lowest BCUT2D eigenvalue weighted by molar-refractivity contribution is 0.368. The number of fused-ring (bicyclic) bond motifs is 2. The molecule has 0 fully saturated rings. The first-order chi connectivity index (χ1) is 15.0. The Balaban J connectivity index is 1.78. The summed E-state index contributed by atoms with van der Waals surface area (Å²) in [6.07, 6.45) is 4.52. The number of nitrogen functional groups attached to an aromatic ring is 1. The fraction of sp³-hybridized carbons (Fsp3) is 0.273. The highest BCUT2D eigenvalue weighted by Gasteiger charge is 2.27. The predicted molar refractivity (Wildman–Crippen MR) is 129 cm³/mol. The Hall–Kier alpha value is -2.79. The first-order valence-electron chi connectivity index (χ1n) is 10.0. The van der Waals surface area contributed by atoms with E-state index in [4.69, 9.17) is 10.2 Å². The summed E-state index contributed by atoms with van der Waals surface area (Å²) in [4.78, 5) is 23.6. The molecule has 1 atom stereocenters. The zero-order valence-electron chi connectivity index (χ0n) is 17.2. The molecule has 1 aromatic carbocycles. The molecule has 31 heavy (non-hydrogen) atoms. The number of anilines is 1. The van der Waals surface area contributed by atoms with Crippen LogP contribution in [0.25, 0.3) is 27.4 Å². The Labute approximate surface area is 191 Å². The quantitative estimate of drug-likeness (QED) is 0.407. The summed E-state index contributed by atoms with van der Waals surface area (Å²) in [6, 6.07) is 7.25. The minimum atomic E-state index is -0.367. The van der Waals surface area contributed by atoms with Gasteiger partial charge in [-0.3, -0.25) is 0 Å². The number of hydrogen-bond donors (Lipinski definition) is 1. The van der Waals surface area contributed by atoms with Crippen LogP contribution in [-0.4, -0.2) is 44.8 Å². The van der Waals surface area contributed by atoms with Gasteiger partial charge >= 0.3 is 5.63 Å². The van der Waals surface area contributed by atoms with Crippen LogP contribution in [-0.2, 0) is 0 Å². The molecule has 8 nitrogen and oxygen atoms in total. The van der Waals surface area contributed by atoms with E-state index in [0.717, 1.165) is 30.5 Å². The first kappa shape index (κ1) is 20.1. The SMILES string of the molecule is CC(c1oc(=O)c2ccccc2c1C1=CCN(C)CC1)n1nc(I)c2c(N)ncnc21. The summed E-state index contributed by atoms with van der Waals surface area (Å²) in [5, 5.41) is 6.86. The minimum absolute atomic E-state index is 0.352. The molecule has 1 aliphatic rings. The van der Waals surface area contributed by atoms with Gasteiger partial charge in [-0.25, -0.2) is 19.4 Å². The molecule has 0 saturated heterocycles. The van der Waals surface area contributed by atoms with E-state index in [1.165, 1.54) is 11.9 Å². The molecule has 1 aliphatic heterocycles. The van der Waals surface area contributed by atoms with E-state index < -0.39 is 0 Å². The second-order valence-corrected chi connectivity index (χ2v) is 8.81. The summed E-state index contributed by atoms with van der Waals surface area (Å²) < 4.78 is 8.43. The predicted octanol–water partition coefficient (Wildman–Crippen LogP) is 3.45. The fourth-order valence-electron chi connectivity index (χ4n) is 4.17. The van der Waals surface area contributed by atoms with Crippen molar-refractivity contribution in [3.63, 3.8) is 0 Å². The van der Waals surface area contributed by atoms with Crippen LogP contribution in [0.15, 0.2) is 45.9 Å². The maximum atomic E-state index is 12.9. The average Bonchev–Trinajstić information content (AvgIpc) is 3.12. The van der Waals surface area contributed by atoms with Crippen molar-refractivity contribution in [1.82, 2.24) is 24.6 Å². The maximum absolute atomic E-state index is 12.9. The first-order valence-corrected chi connectivity index (χ1v) is 11.1. The molecule has 0 bridgehead atoms. The molecular weight excluding hydrogens is 507 g/mol. The van der Waals surface area contributed by atoms with E-state index in [1.54, 1.807) is 4.68 Å². The summed E-state index contributed by atoms with van der Waals surface area (Å²) in [6.45, 7) is 3.76. The molecule has 9 heteroatoms. The third-order valence-electron chi connectivity index (χ3n) is 5.82. The van der Waals surface area contributed by atoms with Crippen molar-refractivity contribution in [2.45, 2.75) is 19.4 Å². The molecular formula is C22H21IN6O2. The molecule has 0 radical (unpaired) electrons. The third-order valence-corrected chi connectivity index (χ3v) is 6.58. The van der Waals surface area contributed by atoms with Gasteiger partial charge in [0.2, 0.25) is 0 Å². The largest absolute Gasteiger partial charge is 0.424 e. The molecule has 158 valence electrons. The normalized spacial score (nSPS) is 16.0. The van der Waals surface area contributed by atoms with Gasteiger partial charge in [0.1, 0.15) is 27.6 Å². The van der Waals surface area contributed by atoms with E-state index in [-0.39, 0.29) is 11.7 Å². The molecule has 1 unspecified atom stereocenters. The lowest BCUT2D eigenvalue weighted by atomic mass is 9.92. The monoisotopic (exact) mass is 528 g/mol. The van der Waals surface area contributed by atoms with Gasteiger partial charge in [0, 0.05) is 18.7 Å². The number of hydrogen-bond acceptors (Lipinski definition) is 7. The number of benzene rings is 1. The van der Waals surface area contributed by atoms with Gasteiger partial charge in [0.15, 0.2) is 5.65 Å². The number of nitrogens with zero attached hydrogens (tertiary/aromatic N) is 5. The molecule has 0 spiro atoms. The standard InChI is InChI=1S/C22H21IN6O2/c1-12(29-21-17(19(23)27-29)20(24)25-11-26-21)18-16(13-7-9-28(2)10-8-13)14-5-3-4-6-15(14)22(30)31-18/h3-7,11-12H,8-10H2,1-2H3,(H2,24,25,26). The highest BCUT2D eigenvalue weighted by atomic mass is 127. The Bertz CT molecular complexity index is 1410. The maximum Gasteiger partial charge on any atom is 0.343 e. The average molecular weight is 528 g/mol. The van der Waals surface area contributed by atoms with Gasteiger partial charge in [-0.15, -0.1) is 0 Å². The van der Waals surface area contributed by atoms with Crippen LogP contribution in [0.2, 0.25) is 0 Å². The van der Waals surface area contributed by atoms with E-state index in [2.05, 4.69) is 55.7 Å². The zero-order chi connectivity index (χ0) is 21.7. The van der Waals surface area contributed by atoms with E-state index >= 15 is 0 Å². The van der Waals surface area contributed by atoms with E-state index in [0.29, 0.717) is 31.7 Å². The highest BCUT2D eigenvalue weighted by Crippen LogP contribution is 2.36. The summed E-state index contributed by atoms with van der Waals surface area (Å²) >= 11 is 2.13. The molecule has 0 amide bonds. The second kappa shape index (κ2) is 7.72. The molecule has 5 rings (SSSR count). The fourth-order valence-corrected chi connectivity index (χ4v) is 4.92. The number of rotatable bonds is 3. The Morgan fingerprint density at radius 2 is 2.00 bits per heavy atom. The van der Waals surface area contributed by atoms with Crippen molar-refractivity contribution in [3.05, 3.63) is 62.1 Å². The van der Waals surface area contributed by atoms with Crippen LogP contribution in [0.4, 0.5) is 5.82 Å². The van der Waals surface area contributed by atoms with Gasteiger partial charge in [-0.05, 0) is 60.0 Å². The van der Waals surface area contributed by atoms with Crippen molar-refractivity contribution in [3.8, 4) is 0 Å². The van der Waals surface area contributed by atoms with Crippen molar-refractivity contribution in [2.24, 2.45) is 0 Å². The molecule has 0 aliphatic carbocycles. The third kappa shape index (κ3) is 3.32. The highest BCUT2D eigenvalue weighted by molar-refractivity contribution is 14.1. The van der Waals surface area contributed by atoms with Crippen molar-refractivity contribution < 1.29 is 4.42 Å². The molecule has 4 aromatic rings. The van der Waals surface area contributed by atoms with Crippen LogP contribution < -0.4 is 11.4 Å². The minimum Gasteiger partial charge on any atom is -0.424 e. The van der Waals surface area contributed by atoms with Crippen molar-refractivity contribution in [1.29, 1.82) is 0 Å².